The van der Waals surface area contributed by atoms with Crippen molar-refractivity contribution in [3.05, 3.63) is 28.4 Å². The molecule has 0 aromatic carbocycles. The van der Waals surface area contributed by atoms with E-state index in [4.69, 9.17) is 0 Å². The molecule has 19 heavy (non-hydrogen) atoms. The van der Waals surface area contributed by atoms with Crippen molar-refractivity contribution < 1.29 is 4.92 Å². The summed E-state index contributed by atoms with van der Waals surface area (Å²) in [5, 5.41) is 13.8. The zero-order chi connectivity index (χ0) is 13.8. The van der Waals surface area contributed by atoms with Crippen molar-refractivity contribution in [3.63, 3.8) is 0 Å². The Balaban J connectivity index is 1.89. The van der Waals surface area contributed by atoms with Crippen LogP contribution in [-0.4, -0.2) is 66.0 Å². The third kappa shape index (κ3) is 3.62. The van der Waals surface area contributed by atoms with Crippen LogP contribution < -0.4 is 5.32 Å². The fourth-order valence-electron chi connectivity index (χ4n) is 2.16. The molecule has 1 aromatic heterocycles. The van der Waals surface area contributed by atoms with Gasteiger partial charge in [0.25, 0.3) is 0 Å². The third-order valence-electron chi connectivity index (χ3n) is 3.46. The number of pyridine rings is 1. The number of hydrogen-bond donors (Lipinski definition) is 1. The van der Waals surface area contributed by atoms with Gasteiger partial charge in [-0.2, -0.15) is 0 Å². The van der Waals surface area contributed by atoms with Gasteiger partial charge < -0.3 is 20.3 Å². The number of rotatable bonds is 4. The molecule has 7 nitrogen and oxygen atoms in total. The second-order valence-corrected chi connectivity index (χ2v) is 4.94. The van der Waals surface area contributed by atoms with E-state index in [1.165, 1.54) is 12.3 Å². The minimum Gasteiger partial charge on any atom is -0.380 e. The minimum absolute atomic E-state index is 0.125. The van der Waals surface area contributed by atoms with Crippen LogP contribution in [0.5, 0.6) is 0 Å². The van der Waals surface area contributed by atoms with Crippen molar-refractivity contribution in [1.29, 1.82) is 0 Å². The summed E-state index contributed by atoms with van der Waals surface area (Å²) in [7, 11) is 4.24. The molecule has 1 aliphatic heterocycles. The quantitative estimate of drug-likeness (QED) is 0.636. The highest BCUT2D eigenvalue weighted by atomic mass is 16.6. The van der Waals surface area contributed by atoms with E-state index in [2.05, 4.69) is 34.2 Å². The van der Waals surface area contributed by atoms with Crippen molar-refractivity contribution in [3.8, 4) is 0 Å². The number of likely N-dealkylation sites (N-methyl/N-ethyl adjacent to an activating group) is 2. The molecule has 0 bridgehead atoms. The van der Waals surface area contributed by atoms with Crippen LogP contribution in [0, 0.1) is 10.1 Å². The number of nitrogens with zero attached hydrogens (tertiary/aromatic N) is 4. The molecule has 1 N–H and O–H groups in total. The van der Waals surface area contributed by atoms with Crippen molar-refractivity contribution in [2.75, 3.05) is 45.6 Å². The first-order chi connectivity index (χ1) is 9.06. The van der Waals surface area contributed by atoms with Gasteiger partial charge in [0.2, 0.25) is 0 Å². The lowest BCUT2D eigenvalue weighted by molar-refractivity contribution is -0.389. The molecule has 1 atom stereocenters. The van der Waals surface area contributed by atoms with Gasteiger partial charge in [-0.05, 0) is 30.1 Å². The van der Waals surface area contributed by atoms with Crippen LogP contribution in [0.2, 0.25) is 0 Å². The highest BCUT2D eigenvalue weighted by molar-refractivity contribution is 5.43. The lowest BCUT2D eigenvalue weighted by Crippen LogP contribution is -2.52. The van der Waals surface area contributed by atoms with Crippen LogP contribution in [0.15, 0.2) is 18.3 Å². The van der Waals surface area contributed by atoms with Crippen LogP contribution in [0.1, 0.15) is 0 Å². The summed E-state index contributed by atoms with van der Waals surface area (Å²) in [5.74, 6) is -0.125. The summed E-state index contributed by atoms with van der Waals surface area (Å²) in [4.78, 5) is 18.4. The molecule has 0 spiro atoms. The highest BCUT2D eigenvalue weighted by Crippen LogP contribution is 2.12. The molecule has 1 unspecified atom stereocenters. The number of nitro groups is 1. The Morgan fingerprint density at radius 2 is 2.26 bits per heavy atom. The van der Waals surface area contributed by atoms with Gasteiger partial charge in [-0.15, -0.1) is 0 Å². The molecule has 1 saturated heterocycles. The molecular formula is C12H19N5O2. The zero-order valence-corrected chi connectivity index (χ0v) is 11.2. The smallest absolute Gasteiger partial charge is 0.363 e. The summed E-state index contributed by atoms with van der Waals surface area (Å²) in [6, 6.07) is 3.55. The van der Waals surface area contributed by atoms with Crippen LogP contribution >= 0.6 is 0 Å². The van der Waals surface area contributed by atoms with Crippen molar-refractivity contribution in [2.24, 2.45) is 0 Å². The topological polar surface area (TPSA) is 74.5 Å². The van der Waals surface area contributed by atoms with E-state index in [1.807, 2.05) is 0 Å². The largest absolute Gasteiger partial charge is 0.380 e. The normalized spacial score (nSPS) is 21.3. The van der Waals surface area contributed by atoms with Gasteiger partial charge in [0.15, 0.2) is 6.20 Å². The average molecular weight is 265 g/mol. The molecule has 104 valence electrons. The van der Waals surface area contributed by atoms with Crippen LogP contribution in [0.4, 0.5) is 11.5 Å². The van der Waals surface area contributed by atoms with Gasteiger partial charge >= 0.3 is 5.82 Å². The molecule has 0 amide bonds. The summed E-state index contributed by atoms with van der Waals surface area (Å²) >= 11 is 0. The first kappa shape index (κ1) is 13.7. The van der Waals surface area contributed by atoms with Gasteiger partial charge in [0.1, 0.15) is 0 Å². The Morgan fingerprint density at radius 1 is 1.47 bits per heavy atom. The first-order valence-electron chi connectivity index (χ1n) is 6.29. The Bertz CT molecular complexity index is 436. The summed E-state index contributed by atoms with van der Waals surface area (Å²) in [6.07, 6.45) is 1.50. The van der Waals surface area contributed by atoms with Gasteiger partial charge in [0, 0.05) is 38.3 Å². The molecule has 1 aliphatic rings. The van der Waals surface area contributed by atoms with Gasteiger partial charge in [-0.25, -0.2) is 0 Å². The molecule has 1 aromatic rings. The molecule has 0 aliphatic carbocycles. The monoisotopic (exact) mass is 265 g/mol. The third-order valence-corrected chi connectivity index (χ3v) is 3.46. The fourth-order valence-corrected chi connectivity index (χ4v) is 2.16. The first-order valence-corrected chi connectivity index (χ1v) is 6.29. The van der Waals surface area contributed by atoms with E-state index in [0.29, 0.717) is 6.04 Å². The maximum absolute atomic E-state index is 10.5. The molecule has 0 radical (unpaired) electrons. The van der Waals surface area contributed by atoms with E-state index in [-0.39, 0.29) is 5.82 Å². The average Bonchev–Trinajstić information content (AvgIpc) is 2.40. The molecule has 1 fully saturated rings. The lowest BCUT2D eigenvalue weighted by atomic mass is 10.2. The van der Waals surface area contributed by atoms with E-state index in [1.54, 1.807) is 6.07 Å². The Labute approximate surface area is 112 Å². The number of piperazine rings is 1. The lowest BCUT2D eigenvalue weighted by Gasteiger charge is -2.37. The zero-order valence-electron chi connectivity index (χ0n) is 11.2. The maximum Gasteiger partial charge on any atom is 0.363 e. The van der Waals surface area contributed by atoms with Crippen molar-refractivity contribution in [1.82, 2.24) is 14.8 Å². The Hall–Kier alpha value is -1.73. The maximum atomic E-state index is 10.5. The van der Waals surface area contributed by atoms with Gasteiger partial charge in [-0.1, -0.05) is 0 Å². The fraction of sp³-hybridized carbons (Fsp3) is 0.583. The number of nitrogens with one attached hydrogen (secondary N) is 1. The van der Waals surface area contributed by atoms with Crippen LogP contribution in [0.25, 0.3) is 0 Å². The number of anilines is 1. The van der Waals surface area contributed by atoms with E-state index in [9.17, 15) is 10.1 Å². The van der Waals surface area contributed by atoms with Crippen molar-refractivity contribution >= 4 is 11.5 Å². The molecule has 2 rings (SSSR count). The predicted octanol–water partition coefficient (Wildman–Crippen LogP) is 0.647. The summed E-state index contributed by atoms with van der Waals surface area (Å²) in [5.41, 5.74) is 0.812. The summed E-state index contributed by atoms with van der Waals surface area (Å²) < 4.78 is 0. The molecular weight excluding hydrogens is 246 g/mol. The predicted molar refractivity (Wildman–Crippen MR) is 73.3 cm³/mol. The Kier molecular flexibility index (Phi) is 4.28. The van der Waals surface area contributed by atoms with Gasteiger partial charge in [0.05, 0.1) is 5.69 Å². The second-order valence-electron chi connectivity index (χ2n) is 4.94. The van der Waals surface area contributed by atoms with E-state index < -0.39 is 4.92 Å². The van der Waals surface area contributed by atoms with E-state index >= 15 is 0 Å². The highest BCUT2D eigenvalue weighted by Gasteiger charge is 2.21. The molecule has 0 saturated carbocycles. The van der Waals surface area contributed by atoms with Gasteiger partial charge in [-0.3, -0.25) is 4.90 Å². The number of aromatic nitrogens is 1. The SMILES string of the molecule is CN1CCN(C)C(CNc2ccc([N+](=O)[O-])nc2)C1. The Morgan fingerprint density at radius 3 is 2.89 bits per heavy atom. The minimum atomic E-state index is -0.492. The standard InChI is InChI=1S/C12H19N5O2/c1-15-5-6-16(2)11(9-15)8-13-10-3-4-12(14-7-10)17(18)19/h3-4,7,11,13H,5-6,8-9H2,1-2H3. The number of hydrogen-bond acceptors (Lipinski definition) is 6. The summed E-state index contributed by atoms with van der Waals surface area (Å²) in [6.45, 7) is 3.97. The van der Waals surface area contributed by atoms with Crippen molar-refractivity contribution in [2.45, 2.75) is 6.04 Å². The van der Waals surface area contributed by atoms with Crippen LogP contribution in [-0.2, 0) is 0 Å². The molecule has 2 heterocycles. The van der Waals surface area contributed by atoms with Crippen LogP contribution in [0.3, 0.4) is 0 Å². The molecule has 7 heteroatoms. The second kappa shape index (κ2) is 5.94. The van der Waals surface area contributed by atoms with E-state index in [0.717, 1.165) is 31.9 Å².